The van der Waals surface area contributed by atoms with Crippen LogP contribution in [-0.2, 0) is 0 Å². The van der Waals surface area contributed by atoms with Gasteiger partial charge in [-0.3, -0.25) is 9.59 Å². The van der Waals surface area contributed by atoms with Crippen LogP contribution in [0.2, 0.25) is 0 Å². The Morgan fingerprint density at radius 3 is 0.968 bits per heavy atom. The van der Waals surface area contributed by atoms with Gasteiger partial charge in [-0.2, -0.15) is 0 Å². The second kappa shape index (κ2) is 13.0. The Bertz CT molecular complexity index is 3760. The zero-order chi connectivity index (χ0) is 41.1. The highest BCUT2D eigenvalue weighted by atomic mass is 16.1. The summed E-state index contributed by atoms with van der Waals surface area (Å²) in [5, 5.41) is 6.49. The predicted molar refractivity (Wildman–Crippen MR) is 258 cm³/mol. The highest BCUT2D eigenvalue weighted by Gasteiger charge is 2.34. The zero-order valence-electron chi connectivity index (χ0n) is 33.2. The van der Waals surface area contributed by atoms with Crippen molar-refractivity contribution in [1.82, 2.24) is 8.80 Å². The highest BCUT2D eigenvalue weighted by molar-refractivity contribution is 6.37. The fraction of sp³-hybridized carbons (Fsp3) is 0. The molecule has 13 rings (SSSR count). The van der Waals surface area contributed by atoms with Gasteiger partial charge < -0.3 is 18.6 Å². The van der Waals surface area contributed by atoms with Crippen molar-refractivity contribution in [2.24, 2.45) is 0 Å². The molecule has 0 amide bonds. The van der Waals surface area contributed by atoms with E-state index in [1.165, 1.54) is 0 Å². The maximum Gasteiger partial charge on any atom is 0.197 e. The fourth-order valence-electron chi connectivity index (χ4n) is 10.3. The molecule has 4 heterocycles. The standard InChI is InChI=1S/C56H34N4O2/c61-55-39-27-13-15-33-45(39)59-49-41(29-17-31-43(49)55)47-51(57(35-19-5-1-6-20-35)36-21-7-2-8-22-36)48-42-30-18-32-44-50(42)60(46-34-16-14-28-40(46)56(44)62)53(48)54(52(47)59)58(37-23-9-3-10-24-37)38-25-11-4-12-26-38/h1-34H. The average molecular weight is 795 g/mol. The van der Waals surface area contributed by atoms with Gasteiger partial charge in [-0.1, -0.05) is 121 Å². The first-order chi connectivity index (χ1) is 30.7. The summed E-state index contributed by atoms with van der Waals surface area (Å²) >= 11 is 0. The number of fused-ring (bicyclic) bond motifs is 10. The number of rotatable bonds is 6. The molecule has 0 N–H and O–H groups in total. The Hall–Kier alpha value is -8.48. The van der Waals surface area contributed by atoms with E-state index in [0.29, 0.717) is 21.5 Å². The van der Waals surface area contributed by atoms with Crippen LogP contribution in [0.3, 0.4) is 0 Å². The summed E-state index contributed by atoms with van der Waals surface area (Å²) in [6.07, 6.45) is 0. The first-order valence-corrected chi connectivity index (χ1v) is 20.9. The predicted octanol–water partition coefficient (Wildman–Crippen LogP) is 13.6. The number of hydrogen-bond donors (Lipinski definition) is 0. The molecule has 0 fully saturated rings. The Labute approximate surface area is 354 Å². The van der Waals surface area contributed by atoms with E-state index in [-0.39, 0.29) is 10.9 Å². The van der Waals surface area contributed by atoms with Gasteiger partial charge >= 0.3 is 0 Å². The number of aromatic nitrogens is 2. The van der Waals surface area contributed by atoms with E-state index in [4.69, 9.17) is 0 Å². The van der Waals surface area contributed by atoms with Crippen LogP contribution in [0.5, 0.6) is 0 Å². The van der Waals surface area contributed by atoms with E-state index in [9.17, 15) is 9.59 Å². The van der Waals surface area contributed by atoms with Crippen LogP contribution in [0.1, 0.15) is 0 Å². The van der Waals surface area contributed by atoms with Gasteiger partial charge in [0, 0.05) is 65.8 Å². The summed E-state index contributed by atoms with van der Waals surface area (Å²) in [7, 11) is 0. The summed E-state index contributed by atoms with van der Waals surface area (Å²) in [5.41, 5.74) is 11.0. The molecule has 0 radical (unpaired) electrons. The minimum absolute atomic E-state index is 0.00144. The molecule has 62 heavy (non-hydrogen) atoms. The number of pyridine rings is 2. The maximum atomic E-state index is 14.7. The third-order valence-corrected chi connectivity index (χ3v) is 12.7. The minimum atomic E-state index is 0.00144. The molecule has 0 aliphatic rings. The largest absolute Gasteiger partial charge is 0.309 e. The molecule has 4 aromatic heterocycles. The van der Waals surface area contributed by atoms with Gasteiger partial charge in [0.25, 0.3) is 0 Å². The number of para-hydroxylation sites is 8. The Morgan fingerprint density at radius 2 is 0.581 bits per heavy atom. The van der Waals surface area contributed by atoms with Crippen molar-refractivity contribution in [2.75, 3.05) is 9.80 Å². The monoisotopic (exact) mass is 794 g/mol. The third kappa shape index (κ3) is 4.58. The quantitative estimate of drug-likeness (QED) is 0.124. The molecule has 6 nitrogen and oxygen atoms in total. The molecule has 6 heteroatoms. The Kier molecular flexibility index (Phi) is 7.22. The van der Waals surface area contributed by atoms with Gasteiger partial charge in [0.1, 0.15) is 0 Å². The molecule has 0 bridgehead atoms. The van der Waals surface area contributed by atoms with E-state index < -0.39 is 0 Å². The molecule has 0 spiro atoms. The maximum absolute atomic E-state index is 14.7. The Balaban J connectivity index is 1.45. The van der Waals surface area contributed by atoms with Crippen LogP contribution in [0, 0.1) is 0 Å². The van der Waals surface area contributed by atoms with Crippen LogP contribution >= 0.6 is 0 Å². The second-order valence-corrected chi connectivity index (χ2v) is 15.9. The lowest BCUT2D eigenvalue weighted by Crippen LogP contribution is -2.15. The molecule has 290 valence electrons. The SMILES string of the molecule is O=c1c2ccccc2n2c3c(N(c4ccccc4)c4ccccc4)c4c(c(N(c5ccccc5)c5ccccc5)c3c3cccc1c32)c1cccc2c(=O)c3ccccc3n4c21. The van der Waals surface area contributed by atoms with Gasteiger partial charge in [0.05, 0.1) is 44.5 Å². The summed E-state index contributed by atoms with van der Waals surface area (Å²) in [5.74, 6) is 0. The summed E-state index contributed by atoms with van der Waals surface area (Å²) in [4.78, 5) is 34.1. The molecule has 0 saturated heterocycles. The van der Waals surface area contributed by atoms with Crippen molar-refractivity contribution in [3.63, 3.8) is 0 Å². The minimum Gasteiger partial charge on any atom is -0.309 e. The number of nitrogens with zero attached hydrogens (tertiary/aromatic N) is 4. The zero-order valence-corrected chi connectivity index (χ0v) is 33.2. The molecule has 0 unspecified atom stereocenters. The van der Waals surface area contributed by atoms with Crippen LogP contribution < -0.4 is 20.7 Å². The van der Waals surface area contributed by atoms with Crippen molar-refractivity contribution >= 4 is 110 Å². The van der Waals surface area contributed by atoms with Crippen LogP contribution in [0.25, 0.3) is 76.2 Å². The van der Waals surface area contributed by atoms with Crippen molar-refractivity contribution in [1.29, 1.82) is 0 Å². The highest BCUT2D eigenvalue weighted by Crippen LogP contribution is 2.56. The van der Waals surface area contributed by atoms with Crippen molar-refractivity contribution in [3.05, 3.63) is 227 Å². The second-order valence-electron chi connectivity index (χ2n) is 15.9. The number of benzene rings is 9. The van der Waals surface area contributed by atoms with Gasteiger partial charge in [-0.05, 0) is 84.9 Å². The summed E-state index contributed by atoms with van der Waals surface area (Å²) in [6, 6.07) is 70.3. The van der Waals surface area contributed by atoms with E-state index in [2.05, 4.69) is 140 Å². The van der Waals surface area contributed by atoms with E-state index in [1.807, 2.05) is 84.9 Å². The average Bonchev–Trinajstić information content (AvgIpc) is 3.87. The molecular weight excluding hydrogens is 761 g/mol. The van der Waals surface area contributed by atoms with E-state index in [0.717, 1.165) is 88.8 Å². The van der Waals surface area contributed by atoms with Crippen LogP contribution in [0.4, 0.5) is 34.1 Å². The van der Waals surface area contributed by atoms with Gasteiger partial charge in [0.2, 0.25) is 0 Å². The Morgan fingerprint density at radius 1 is 0.274 bits per heavy atom. The molecule has 0 aliphatic carbocycles. The molecule has 0 aliphatic heterocycles. The van der Waals surface area contributed by atoms with E-state index in [1.54, 1.807) is 0 Å². The molecule has 0 atom stereocenters. The molecule has 0 saturated carbocycles. The first-order valence-electron chi connectivity index (χ1n) is 20.9. The molecular formula is C56H34N4O2. The first kappa shape index (κ1) is 34.4. The van der Waals surface area contributed by atoms with Crippen LogP contribution in [-0.4, -0.2) is 8.80 Å². The summed E-state index contributed by atoms with van der Waals surface area (Å²) < 4.78 is 4.68. The van der Waals surface area contributed by atoms with Gasteiger partial charge in [0.15, 0.2) is 10.9 Å². The fourth-order valence-corrected chi connectivity index (χ4v) is 10.3. The van der Waals surface area contributed by atoms with Gasteiger partial charge in [-0.15, -0.1) is 0 Å². The van der Waals surface area contributed by atoms with Crippen molar-refractivity contribution < 1.29 is 0 Å². The van der Waals surface area contributed by atoms with Crippen molar-refractivity contribution in [3.8, 4) is 0 Å². The van der Waals surface area contributed by atoms with E-state index >= 15 is 0 Å². The molecule has 13 aromatic rings. The molecule has 9 aromatic carbocycles. The lowest BCUT2D eigenvalue weighted by molar-refractivity contribution is 1.24. The smallest absolute Gasteiger partial charge is 0.197 e. The van der Waals surface area contributed by atoms with Crippen molar-refractivity contribution in [2.45, 2.75) is 0 Å². The topological polar surface area (TPSA) is 49.4 Å². The number of anilines is 6. The third-order valence-electron chi connectivity index (χ3n) is 12.7. The number of hydrogen-bond acceptors (Lipinski definition) is 4. The van der Waals surface area contributed by atoms with Gasteiger partial charge in [-0.25, -0.2) is 0 Å². The summed E-state index contributed by atoms with van der Waals surface area (Å²) in [6.45, 7) is 0. The lowest BCUT2D eigenvalue weighted by atomic mass is 9.99. The lowest BCUT2D eigenvalue weighted by Gasteiger charge is -2.31. The van der Waals surface area contributed by atoms with Crippen LogP contribution in [0.15, 0.2) is 216 Å². The normalized spacial score (nSPS) is 12.0.